The van der Waals surface area contributed by atoms with E-state index in [2.05, 4.69) is 15.4 Å². The van der Waals surface area contributed by atoms with E-state index in [1.165, 1.54) is 12.1 Å². The predicted octanol–water partition coefficient (Wildman–Crippen LogP) is 4.49. The molecule has 2 aromatic carbocycles. The molecule has 140 valence electrons. The van der Waals surface area contributed by atoms with Gasteiger partial charge in [0.05, 0.1) is 5.69 Å². The number of para-hydroxylation sites is 1. The van der Waals surface area contributed by atoms with Crippen LogP contribution >= 0.6 is 0 Å². The van der Waals surface area contributed by atoms with Crippen LogP contribution in [0.4, 0.5) is 4.39 Å². The molecule has 0 saturated carbocycles. The molecule has 5 nitrogen and oxygen atoms in total. The Morgan fingerprint density at radius 1 is 0.893 bits per heavy atom. The number of hydrogen-bond donors (Lipinski definition) is 1. The van der Waals surface area contributed by atoms with Gasteiger partial charge in [-0.2, -0.15) is 5.10 Å². The van der Waals surface area contributed by atoms with E-state index in [0.717, 1.165) is 22.6 Å². The SMILES string of the molecule is Fc1ccc(-n2cccn2)c(CNCc2cccnc2Oc2ccccc2)c1. The van der Waals surface area contributed by atoms with Gasteiger partial charge >= 0.3 is 0 Å². The number of benzene rings is 2. The lowest BCUT2D eigenvalue weighted by atomic mass is 10.1. The molecule has 6 heteroatoms. The number of rotatable bonds is 7. The Morgan fingerprint density at radius 3 is 2.57 bits per heavy atom. The predicted molar refractivity (Wildman–Crippen MR) is 105 cm³/mol. The summed E-state index contributed by atoms with van der Waals surface area (Å²) >= 11 is 0. The lowest BCUT2D eigenvalue weighted by Gasteiger charge is -2.13. The Morgan fingerprint density at radius 2 is 1.75 bits per heavy atom. The summed E-state index contributed by atoms with van der Waals surface area (Å²) in [4.78, 5) is 4.34. The van der Waals surface area contributed by atoms with Crippen molar-refractivity contribution in [3.8, 4) is 17.3 Å². The molecule has 0 amide bonds. The molecule has 0 aliphatic carbocycles. The first-order valence-corrected chi connectivity index (χ1v) is 8.95. The molecule has 2 aromatic heterocycles. The standard InChI is InChI=1S/C22H19FN4O/c23-19-9-10-21(27-13-5-12-26-27)18(14-19)16-24-15-17-6-4-11-25-22(17)28-20-7-2-1-3-8-20/h1-14,24H,15-16H2. The van der Waals surface area contributed by atoms with E-state index < -0.39 is 0 Å². The van der Waals surface area contributed by atoms with Crippen LogP contribution in [-0.4, -0.2) is 14.8 Å². The van der Waals surface area contributed by atoms with Crippen molar-refractivity contribution in [3.63, 3.8) is 0 Å². The third-order valence-electron chi connectivity index (χ3n) is 4.23. The van der Waals surface area contributed by atoms with Crippen molar-refractivity contribution in [1.29, 1.82) is 0 Å². The monoisotopic (exact) mass is 374 g/mol. The second kappa shape index (κ2) is 8.45. The topological polar surface area (TPSA) is 52.0 Å². The molecular weight excluding hydrogens is 355 g/mol. The van der Waals surface area contributed by atoms with Gasteiger partial charge in [-0.05, 0) is 48.0 Å². The lowest BCUT2D eigenvalue weighted by Crippen LogP contribution is -2.15. The van der Waals surface area contributed by atoms with Crippen LogP contribution in [0.25, 0.3) is 5.69 Å². The molecule has 0 atom stereocenters. The van der Waals surface area contributed by atoms with Crippen molar-refractivity contribution in [2.45, 2.75) is 13.1 Å². The van der Waals surface area contributed by atoms with E-state index in [1.54, 1.807) is 23.1 Å². The minimum atomic E-state index is -0.276. The molecule has 4 rings (SSSR count). The first kappa shape index (κ1) is 17.9. The largest absolute Gasteiger partial charge is 0.439 e. The lowest BCUT2D eigenvalue weighted by molar-refractivity contribution is 0.452. The molecule has 0 aliphatic rings. The van der Waals surface area contributed by atoms with Gasteiger partial charge in [-0.15, -0.1) is 0 Å². The summed E-state index contributed by atoms with van der Waals surface area (Å²) in [5.74, 6) is 1.00. The number of halogens is 1. The number of aromatic nitrogens is 3. The van der Waals surface area contributed by atoms with Crippen molar-refractivity contribution in [1.82, 2.24) is 20.1 Å². The molecule has 0 fully saturated rings. The Balaban J connectivity index is 1.47. The number of nitrogens with zero attached hydrogens (tertiary/aromatic N) is 3. The van der Waals surface area contributed by atoms with Gasteiger partial charge in [0.2, 0.25) is 5.88 Å². The molecule has 0 bridgehead atoms. The number of nitrogens with one attached hydrogen (secondary N) is 1. The van der Waals surface area contributed by atoms with E-state index in [1.807, 2.05) is 54.7 Å². The molecule has 0 unspecified atom stereocenters. The average Bonchev–Trinajstić information content (AvgIpc) is 3.25. The van der Waals surface area contributed by atoms with Gasteiger partial charge < -0.3 is 10.1 Å². The highest BCUT2D eigenvalue weighted by Gasteiger charge is 2.09. The molecule has 0 spiro atoms. The van der Waals surface area contributed by atoms with Crippen LogP contribution in [0.3, 0.4) is 0 Å². The average molecular weight is 374 g/mol. The molecule has 0 radical (unpaired) electrons. The minimum Gasteiger partial charge on any atom is -0.439 e. The fraction of sp³-hybridized carbons (Fsp3) is 0.0909. The van der Waals surface area contributed by atoms with Crippen LogP contribution < -0.4 is 10.1 Å². The van der Waals surface area contributed by atoms with Crippen LogP contribution in [0.5, 0.6) is 11.6 Å². The molecular formula is C22H19FN4O. The highest BCUT2D eigenvalue weighted by atomic mass is 19.1. The highest BCUT2D eigenvalue weighted by Crippen LogP contribution is 2.23. The van der Waals surface area contributed by atoms with Crippen molar-refractivity contribution in [2.75, 3.05) is 0 Å². The van der Waals surface area contributed by atoms with Crippen molar-refractivity contribution < 1.29 is 9.13 Å². The van der Waals surface area contributed by atoms with Crippen molar-refractivity contribution >= 4 is 0 Å². The van der Waals surface area contributed by atoms with Crippen LogP contribution in [0.2, 0.25) is 0 Å². The van der Waals surface area contributed by atoms with E-state index in [9.17, 15) is 4.39 Å². The molecule has 28 heavy (non-hydrogen) atoms. The van der Waals surface area contributed by atoms with Crippen LogP contribution in [-0.2, 0) is 13.1 Å². The van der Waals surface area contributed by atoms with Gasteiger partial charge in [0.1, 0.15) is 11.6 Å². The van der Waals surface area contributed by atoms with E-state index in [0.29, 0.717) is 19.0 Å². The summed E-state index contributed by atoms with van der Waals surface area (Å²) in [7, 11) is 0. The summed E-state index contributed by atoms with van der Waals surface area (Å²) in [5.41, 5.74) is 2.58. The summed E-state index contributed by atoms with van der Waals surface area (Å²) in [5, 5.41) is 7.59. The van der Waals surface area contributed by atoms with Crippen LogP contribution in [0.15, 0.2) is 85.3 Å². The second-order valence-electron chi connectivity index (χ2n) is 6.21. The second-order valence-corrected chi connectivity index (χ2v) is 6.21. The van der Waals surface area contributed by atoms with Crippen molar-refractivity contribution in [2.24, 2.45) is 0 Å². The third-order valence-corrected chi connectivity index (χ3v) is 4.23. The first-order valence-electron chi connectivity index (χ1n) is 8.95. The Bertz CT molecular complexity index is 1040. The minimum absolute atomic E-state index is 0.276. The number of pyridine rings is 1. The molecule has 2 heterocycles. The first-order chi connectivity index (χ1) is 13.8. The van der Waals surface area contributed by atoms with Gasteiger partial charge in [0.25, 0.3) is 0 Å². The fourth-order valence-electron chi connectivity index (χ4n) is 2.91. The van der Waals surface area contributed by atoms with E-state index >= 15 is 0 Å². The zero-order valence-electron chi connectivity index (χ0n) is 15.1. The highest BCUT2D eigenvalue weighted by molar-refractivity contribution is 5.41. The van der Waals surface area contributed by atoms with Gasteiger partial charge in [-0.1, -0.05) is 24.3 Å². The van der Waals surface area contributed by atoms with Gasteiger partial charge in [-0.3, -0.25) is 0 Å². The normalized spacial score (nSPS) is 10.8. The molecule has 4 aromatic rings. The summed E-state index contributed by atoms with van der Waals surface area (Å²) in [6.07, 6.45) is 5.23. The molecule has 0 saturated heterocycles. The summed E-state index contributed by atoms with van der Waals surface area (Å²) < 4.78 is 21.4. The Labute approximate surface area is 162 Å². The molecule has 1 N–H and O–H groups in total. The van der Waals surface area contributed by atoms with Gasteiger partial charge in [0.15, 0.2) is 0 Å². The van der Waals surface area contributed by atoms with E-state index in [-0.39, 0.29) is 5.82 Å². The quantitative estimate of drug-likeness (QED) is 0.518. The maximum Gasteiger partial charge on any atom is 0.223 e. The zero-order chi connectivity index (χ0) is 19.2. The maximum absolute atomic E-state index is 13.8. The third kappa shape index (κ3) is 4.24. The fourth-order valence-corrected chi connectivity index (χ4v) is 2.91. The Hall–Kier alpha value is -3.51. The van der Waals surface area contributed by atoms with Gasteiger partial charge in [0, 0.05) is 37.2 Å². The van der Waals surface area contributed by atoms with E-state index in [4.69, 9.17) is 4.74 Å². The van der Waals surface area contributed by atoms with Gasteiger partial charge in [-0.25, -0.2) is 14.1 Å². The maximum atomic E-state index is 13.8. The van der Waals surface area contributed by atoms with Crippen LogP contribution in [0.1, 0.15) is 11.1 Å². The summed E-state index contributed by atoms with van der Waals surface area (Å²) in [6, 6.07) is 19.9. The molecule has 0 aliphatic heterocycles. The zero-order valence-corrected chi connectivity index (χ0v) is 15.1. The van der Waals surface area contributed by atoms with Crippen LogP contribution in [0, 0.1) is 5.82 Å². The number of ether oxygens (including phenoxy) is 1. The number of hydrogen-bond acceptors (Lipinski definition) is 4. The Kier molecular flexibility index (Phi) is 5.40. The van der Waals surface area contributed by atoms with Crippen molar-refractivity contribution in [3.05, 3.63) is 102 Å². The summed E-state index contributed by atoms with van der Waals surface area (Å²) in [6.45, 7) is 1.01. The smallest absolute Gasteiger partial charge is 0.223 e.